The molecule has 26 heavy (non-hydrogen) atoms. The molecule has 1 N–H and O–H groups in total. The number of rotatable bonds is 3. The summed E-state index contributed by atoms with van der Waals surface area (Å²) in [6.45, 7) is 0. The van der Waals surface area contributed by atoms with Gasteiger partial charge in [0, 0.05) is 20.2 Å². The van der Waals surface area contributed by atoms with Crippen LogP contribution in [0.2, 0.25) is 0 Å². The first-order chi connectivity index (χ1) is 12.3. The third-order valence-electron chi connectivity index (χ3n) is 4.12. The van der Waals surface area contributed by atoms with Gasteiger partial charge in [0.25, 0.3) is 10.0 Å². The number of nitrogens with one attached hydrogen (secondary N) is 1. The summed E-state index contributed by atoms with van der Waals surface area (Å²) in [5, 5.41) is 0. The van der Waals surface area contributed by atoms with Crippen LogP contribution in [0.4, 0.5) is 5.69 Å². The van der Waals surface area contributed by atoms with Crippen molar-refractivity contribution in [2.45, 2.75) is 4.90 Å². The molecular formula is C16H13N3O6S. The molecule has 134 valence electrons. The standard InChI is InChI=1S/C16H13N3O6S/c1-18-11-5-4-10(8-14(11)25-15(18)20)26(22,23)17-9-3-6-13-12(7-9)19(2)16(21)24-13/h3-8,17H,1-2H3. The van der Waals surface area contributed by atoms with E-state index in [1.165, 1.54) is 59.6 Å². The molecule has 0 radical (unpaired) electrons. The fourth-order valence-corrected chi connectivity index (χ4v) is 3.75. The van der Waals surface area contributed by atoms with Crippen LogP contribution in [0.3, 0.4) is 0 Å². The molecule has 10 heteroatoms. The van der Waals surface area contributed by atoms with Gasteiger partial charge < -0.3 is 8.83 Å². The fourth-order valence-electron chi connectivity index (χ4n) is 2.69. The lowest BCUT2D eigenvalue weighted by Gasteiger charge is -2.08. The van der Waals surface area contributed by atoms with Gasteiger partial charge in [-0.1, -0.05) is 0 Å². The van der Waals surface area contributed by atoms with Gasteiger partial charge in [0.1, 0.15) is 0 Å². The van der Waals surface area contributed by atoms with Crippen LogP contribution in [-0.2, 0) is 24.1 Å². The zero-order chi connectivity index (χ0) is 18.6. The lowest BCUT2D eigenvalue weighted by molar-refractivity contribution is 0.527. The van der Waals surface area contributed by atoms with E-state index in [0.717, 1.165) is 0 Å². The molecule has 4 rings (SSSR count). The van der Waals surface area contributed by atoms with Crippen LogP contribution in [0.1, 0.15) is 0 Å². The van der Waals surface area contributed by atoms with Crippen molar-refractivity contribution in [1.82, 2.24) is 9.13 Å². The van der Waals surface area contributed by atoms with Crippen LogP contribution in [0.25, 0.3) is 22.2 Å². The summed E-state index contributed by atoms with van der Waals surface area (Å²) >= 11 is 0. The molecule has 0 saturated carbocycles. The summed E-state index contributed by atoms with van der Waals surface area (Å²) in [4.78, 5) is 23.0. The summed E-state index contributed by atoms with van der Waals surface area (Å²) in [6, 6.07) is 8.66. The van der Waals surface area contributed by atoms with E-state index in [0.29, 0.717) is 16.6 Å². The predicted molar refractivity (Wildman–Crippen MR) is 93.7 cm³/mol. The summed E-state index contributed by atoms with van der Waals surface area (Å²) in [5.74, 6) is -1.11. The van der Waals surface area contributed by atoms with Gasteiger partial charge in [0.05, 0.1) is 21.6 Å². The van der Waals surface area contributed by atoms with Crippen molar-refractivity contribution >= 4 is 37.9 Å². The molecule has 4 aromatic rings. The van der Waals surface area contributed by atoms with Crippen molar-refractivity contribution < 1.29 is 17.3 Å². The monoisotopic (exact) mass is 375 g/mol. The summed E-state index contributed by atoms with van der Waals surface area (Å²) < 4.78 is 40.3. The van der Waals surface area contributed by atoms with E-state index in [2.05, 4.69) is 4.72 Å². The maximum absolute atomic E-state index is 12.6. The van der Waals surface area contributed by atoms with Gasteiger partial charge >= 0.3 is 11.5 Å². The molecule has 0 atom stereocenters. The Morgan fingerprint density at radius 1 is 0.846 bits per heavy atom. The maximum Gasteiger partial charge on any atom is 0.419 e. The van der Waals surface area contributed by atoms with Gasteiger partial charge in [-0.15, -0.1) is 0 Å². The smallest absolute Gasteiger partial charge is 0.408 e. The Labute approximate surface area is 146 Å². The first-order valence-electron chi connectivity index (χ1n) is 7.48. The minimum Gasteiger partial charge on any atom is -0.408 e. The van der Waals surface area contributed by atoms with Crippen LogP contribution in [0.15, 0.2) is 59.7 Å². The first-order valence-corrected chi connectivity index (χ1v) is 8.96. The van der Waals surface area contributed by atoms with Crippen molar-refractivity contribution in [2.75, 3.05) is 4.72 Å². The van der Waals surface area contributed by atoms with Crippen molar-refractivity contribution in [3.63, 3.8) is 0 Å². The molecule has 2 aromatic carbocycles. The molecular weight excluding hydrogens is 362 g/mol. The largest absolute Gasteiger partial charge is 0.419 e. The Hall–Kier alpha value is -3.27. The fraction of sp³-hybridized carbons (Fsp3) is 0.125. The average Bonchev–Trinajstić information content (AvgIpc) is 3.04. The van der Waals surface area contributed by atoms with Crippen molar-refractivity contribution in [1.29, 1.82) is 0 Å². The minimum atomic E-state index is -3.92. The van der Waals surface area contributed by atoms with Crippen LogP contribution < -0.4 is 16.2 Å². The number of sulfonamides is 1. The number of fused-ring (bicyclic) bond motifs is 2. The molecule has 0 fully saturated rings. The Balaban J connectivity index is 1.76. The molecule has 2 heterocycles. The molecule has 2 aromatic heterocycles. The lowest BCUT2D eigenvalue weighted by Crippen LogP contribution is -2.13. The molecule has 0 spiro atoms. The quantitative estimate of drug-likeness (QED) is 0.578. The number of oxazole rings is 2. The number of aryl methyl sites for hydroxylation is 2. The SMILES string of the molecule is Cn1c(=O)oc2cc(S(=O)(=O)Nc3ccc4oc(=O)n(C)c4c3)ccc21. The van der Waals surface area contributed by atoms with Gasteiger partial charge in [-0.3, -0.25) is 13.9 Å². The van der Waals surface area contributed by atoms with E-state index >= 15 is 0 Å². The second-order valence-electron chi connectivity index (χ2n) is 5.77. The van der Waals surface area contributed by atoms with E-state index in [1.807, 2.05) is 0 Å². The third-order valence-corrected chi connectivity index (χ3v) is 5.50. The first kappa shape index (κ1) is 16.2. The number of hydrogen-bond donors (Lipinski definition) is 1. The van der Waals surface area contributed by atoms with Gasteiger partial charge in [0.2, 0.25) is 0 Å². The zero-order valence-electron chi connectivity index (χ0n) is 13.7. The maximum atomic E-state index is 12.6. The summed E-state index contributed by atoms with van der Waals surface area (Å²) in [6.07, 6.45) is 0. The number of hydrogen-bond acceptors (Lipinski definition) is 6. The van der Waals surface area contributed by atoms with Gasteiger partial charge in [-0.2, -0.15) is 0 Å². The van der Waals surface area contributed by atoms with Crippen LogP contribution in [0.5, 0.6) is 0 Å². The number of anilines is 1. The molecule has 0 aliphatic heterocycles. The molecule has 0 aliphatic rings. The molecule has 0 aliphatic carbocycles. The van der Waals surface area contributed by atoms with E-state index in [-0.39, 0.29) is 16.2 Å². The van der Waals surface area contributed by atoms with Crippen LogP contribution in [0, 0.1) is 0 Å². The van der Waals surface area contributed by atoms with E-state index in [9.17, 15) is 18.0 Å². The van der Waals surface area contributed by atoms with Crippen molar-refractivity contribution in [3.8, 4) is 0 Å². The summed E-state index contributed by atoms with van der Waals surface area (Å²) in [5.41, 5.74) is 1.74. The molecule has 9 nitrogen and oxygen atoms in total. The Kier molecular flexibility index (Phi) is 3.34. The number of benzene rings is 2. The van der Waals surface area contributed by atoms with Crippen LogP contribution in [-0.4, -0.2) is 17.6 Å². The van der Waals surface area contributed by atoms with Crippen molar-refractivity contribution in [3.05, 3.63) is 57.5 Å². The Bertz CT molecular complexity index is 1390. The highest BCUT2D eigenvalue weighted by atomic mass is 32.2. The van der Waals surface area contributed by atoms with E-state index < -0.39 is 21.5 Å². The Morgan fingerprint density at radius 3 is 2.23 bits per heavy atom. The molecule has 0 saturated heterocycles. The van der Waals surface area contributed by atoms with Crippen LogP contribution >= 0.6 is 0 Å². The van der Waals surface area contributed by atoms with E-state index in [1.54, 1.807) is 0 Å². The highest BCUT2D eigenvalue weighted by Crippen LogP contribution is 2.23. The number of aromatic nitrogens is 2. The van der Waals surface area contributed by atoms with Gasteiger partial charge in [0.15, 0.2) is 11.2 Å². The molecule has 0 amide bonds. The third kappa shape index (κ3) is 2.42. The predicted octanol–water partition coefficient (Wildman–Crippen LogP) is 1.38. The lowest BCUT2D eigenvalue weighted by atomic mass is 10.3. The molecule has 0 bridgehead atoms. The van der Waals surface area contributed by atoms with Gasteiger partial charge in [-0.25, -0.2) is 18.0 Å². The highest BCUT2D eigenvalue weighted by molar-refractivity contribution is 7.92. The highest BCUT2D eigenvalue weighted by Gasteiger charge is 2.18. The average molecular weight is 375 g/mol. The summed E-state index contributed by atoms with van der Waals surface area (Å²) in [7, 11) is -0.864. The second kappa shape index (κ2) is 5.36. The van der Waals surface area contributed by atoms with Gasteiger partial charge in [-0.05, 0) is 30.3 Å². The number of nitrogens with zero attached hydrogens (tertiary/aromatic N) is 2. The normalized spacial score (nSPS) is 12.1. The topological polar surface area (TPSA) is 116 Å². The Morgan fingerprint density at radius 2 is 1.50 bits per heavy atom. The second-order valence-corrected chi connectivity index (χ2v) is 7.45. The zero-order valence-corrected chi connectivity index (χ0v) is 14.5. The molecule has 0 unspecified atom stereocenters. The van der Waals surface area contributed by atoms with Crippen molar-refractivity contribution in [2.24, 2.45) is 14.1 Å². The minimum absolute atomic E-state index is 0.0551. The van der Waals surface area contributed by atoms with E-state index in [4.69, 9.17) is 8.83 Å².